The summed E-state index contributed by atoms with van der Waals surface area (Å²) >= 11 is 0. The molecule has 0 heterocycles. The molecule has 0 saturated heterocycles. The molecule has 78 valence electrons. The van der Waals surface area contributed by atoms with Crippen molar-refractivity contribution < 1.29 is 9.47 Å². The summed E-state index contributed by atoms with van der Waals surface area (Å²) in [5, 5.41) is 0. The van der Waals surface area contributed by atoms with Crippen molar-refractivity contribution in [1.29, 1.82) is 0 Å². The molecule has 14 heavy (non-hydrogen) atoms. The van der Waals surface area contributed by atoms with Crippen molar-refractivity contribution in [2.75, 3.05) is 20.8 Å². The third-order valence-corrected chi connectivity index (χ3v) is 2.32. The first-order valence-corrected chi connectivity index (χ1v) is 4.65. The van der Waals surface area contributed by atoms with Gasteiger partial charge in [0.2, 0.25) is 0 Å². The van der Waals surface area contributed by atoms with Crippen LogP contribution in [0.2, 0.25) is 0 Å². The standard InChI is InChI=1S/C11H17NO2/c1-8-9(6-7-12)4-5-10(13-2)11(8)14-3/h4-5H,6-7,12H2,1-3H3. The lowest BCUT2D eigenvalue weighted by atomic mass is 10.0. The SMILES string of the molecule is COc1ccc(CCN)c(C)c1OC. The second kappa shape index (κ2) is 4.86. The van der Waals surface area contributed by atoms with Gasteiger partial charge in [-0.05, 0) is 37.1 Å². The molecule has 0 bridgehead atoms. The van der Waals surface area contributed by atoms with E-state index in [-0.39, 0.29) is 0 Å². The van der Waals surface area contributed by atoms with Gasteiger partial charge in [0.25, 0.3) is 0 Å². The number of hydrogen-bond acceptors (Lipinski definition) is 3. The van der Waals surface area contributed by atoms with Crippen LogP contribution in [0.4, 0.5) is 0 Å². The lowest BCUT2D eigenvalue weighted by Crippen LogP contribution is -2.05. The zero-order valence-corrected chi connectivity index (χ0v) is 8.96. The highest BCUT2D eigenvalue weighted by atomic mass is 16.5. The van der Waals surface area contributed by atoms with Gasteiger partial charge >= 0.3 is 0 Å². The fourth-order valence-electron chi connectivity index (χ4n) is 1.55. The minimum absolute atomic E-state index is 0.649. The Kier molecular flexibility index (Phi) is 3.77. The van der Waals surface area contributed by atoms with Crippen molar-refractivity contribution in [2.45, 2.75) is 13.3 Å². The molecule has 3 nitrogen and oxygen atoms in total. The summed E-state index contributed by atoms with van der Waals surface area (Å²) in [7, 11) is 3.29. The predicted molar refractivity (Wildman–Crippen MR) is 57.0 cm³/mol. The fraction of sp³-hybridized carbons (Fsp3) is 0.455. The summed E-state index contributed by atoms with van der Waals surface area (Å²) in [5.74, 6) is 1.57. The Labute approximate surface area is 84.8 Å². The summed E-state index contributed by atoms with van der Waals surface area (Å²) in [4.78, 5) is 0. The molecule has 0 aliphatic heterocycles. The highest BCUT2D eigenvalue weighted by Crippen LogP contribution is 2.32. The summed E-state index contributed by atoms with van der Waals surface area (Å²) < 4.78 is 10.5. The van der Waals surface area contributed by atoms with Crippen molar-refractivity contribution in [1.82, 2.24) is 0 Å². The molecule has 0 unspecified atom stereocenters. The lowest BCUT2D eigenvalue weighted by Gasteiger charge is -2.13. The maximum atomic E-state index is 5.52. The number of ether oxygens (including phenoxy) is 2. The molecular formula is C11H17NO2. The Bertz CT molecular complexity index is 310. The Morgan fingerprint density at radius 1 is 1.21 bits per heavy atom. The number of hydrogen-bond donors (Lipinski definition) is 1. The molecule has 0 aliphatic carbocycles. The van der Waals surface area contributed by atoms with Crippen LogP contribution in [-0.2, 0) is 6.42 Å². The van der Waals surface area contributed by atoms with E-state index in [9.17, 15) is 0 Å². The number of benzene rings is 1. The van der Waals surface area contributed by atoms with Gasteiger partial charge in [-0.3, -0.25) is 0 Å². The molecule has 0 saturated carbocycles. The maximum Gasteiger partial charge on any atom is 0.163 e. The van der Waals surface area contributed by atoms with Gasteiger partial charge in [0.05, 0.1) is 14.2 Å². The molecule has 0 fully saturated rings. The first-order valence-electron chi connectivity index (χ1n) is 4.65. The Morgan fingerprint density at radius 2 is 1.93 bits per heavy atom. The van der Waals surface area contributed by atoms with Crippen molar-refractivity contribution in [3.8, 4) is 11.5 Å². The highest BCUT2D eigenvalue weighted by molar-refractivity contribution is 5.50. The van der Waals surface area contributed by atoms with Gasteiger partial charge < -0.3 is 15.2 Å². The lowest BCUT2D eigenvalue weighted by molar-refractivity contribution is 0.352. The number of rotatable bonds is 4. The Balaban J connectivity index is 3.13. The van der Waals surface area contributed by atoms with Gasteiger partial charge in [0, 0.05) is 0 Å². The van der Waals surface area contributed by atoms with Crippen molar-refractivity contribution >= 4 is 0 Å². The highest BCUT2D eigenvalue weighted by Gasteiger charge is 2.09. The van der Waals surface area contributed by atoms with Crippen LogP contribution in [0.1, 0.15) is 11.1 Å². The molecule has 0 aromatic heterocycles. The van der Waals surface area contributed by atoms with Gasteiger partial charge in [-0.15, -0.1) is 0 Å². The van der Waals surface area contributed by atoms with E-state index in [0.717, 1.165) is 23.5 Å². The number of methoxy groups -OCH3 is 2. The van der Waals surface area contributed by atoms with Gasteiger partial charge in [-0.1, -0.05) is 6.07 Å². The third-order valence-electron chi connectivity index (χ3n) is 2.32. The smallest absolute Gasteiger partial charge is 0.163 e. The normalized spacial score (nSPS) is 10.0. The van der Waals surface area contributed by atoms with E-state index in [0.29, 0.717) is 6.54 Å². The molecule has 0 radical (unpaired) electrons. The van der Waals surface area contributed by atoms with E-state index in [4.69, 9.17) is 15.2 Å². The molecule has 1 aromatic carbocycles. The molecule has 1 aromatic rings. The molecule has 1 rings (SSSR count). The van der Waals surface area contributed by atoms with Crippen LogP contribution in [0.15, 0.2) is 12.1 Å². The molecule has 0 atom stereocenters. The van der Waals surface area contributed by atoms with Gasteiger partial charge in [0.15, 0.2) is 11.5 Å². The molecular weight excluding hydrogens is 178 g/mol. The molecule has 2 N–H and O–H groups in total. The maximum absolute atomic E-state index is 5.52. The van der Waals surface area contributed by atoms with Crippen molar-refractivity contribution in [2.24, 2.45) is 5.73 Å². The third kappa shape index (κ3) is 1.99. The van der Waals surface area contributed by atoms with E-state index in [1.54, 1.807) is 14.2 Å². The number of nitrogens with two attached hydrogens (primary N) is 1. The topological polar surface area (TPSA) is 44.5 Å². The van der Waals surface area contributed by atoms with Crippen LogP contribution < -0.4 is 15.2 Å². The molecule has 3 heteroatoms. The van der Waals surface area contributed by atoms with Crippen LogP contribution in [0.5, 0.6) is 11.5 Å². The van der Waals surface area contributed by atoms with Crippen LogP contribution >= 0.6 is 0 Å². The zero-order valence-electron chi connectivity index (χ0n) is 8.96. The summed E-state index contributed by atoms with van der Waals surface area (Å²) in [6.07, 6.45) is 0.867. The Morgan fingerprint density at radius 3 is 2.43 bits per heavy atom. The predicted octanol–water partition coefficient (Wildman–Crippen LogP) is 1.51. The van der Waals surface area contributed by atoms with Crippen LogP contribution in [0.25, 0.3) is 0 Å². The first-order chi connectivity index (χ1) is 6.74. The minimum Gasteiger partial charge on any atom is -0.493 e. The second-order valence-corrected chi connectivity index (χ2v) is 3.12. The average Bonchev–Trinajstić information content (AvgIpc) is 2.21. The van der Waals surface area contributed by atoms with Crippen LogP contribution in [-0.4, -0.2) is 20.8 Å². The van der Waals surface area contributed by atoms with E-state index in [1.807, 2.05) is 19.1 Å². The molecule has 0 spiro atoms. The van der Waals surface area contributed by atoms with E-state index >= 15 is 0 Å². The van der Waals surface area contributed by atoms with Gasteiger partial charge in [0.1, 0.15) is 0 Å². The minimum atomic E-state index is 0.649. The van der Waals surface area contributed by atoms with E-state index in [1.165, 1.54) is 5.56 Å². The largest absolute Gasteiger partial charge is 0.493 e. The summed E-state index contributed by atoms with van der Waals surface area (Å²) in [5.41, 5.74) is 7.84. The van der Waals surface area contributed by atoms with Gasteiger partial charge in [-0.25, -0.2) is 0 Å². The second-order valence-electron chi connectivity index (χ2n) is 3.12. The van der Waals surface area contributed by atoms with E-state index in [2.05, 4.69) is 0 Å². The Hall–Kier alpha value is -1.22. The quantitative estimate of drug-likeness (QED) is 0.792. The monoisotopic (exact) mass is 195 g/mol. The zero-order chi connectivity index (χ0) is 10.6. The molecule has 0 amide bonds. The van der Waals surface area contributed by atoms with Crippen LogP contribution in [0.3, 0.4) is 0 Å². The van der Waals surface area contributed by atoms with Crippen molar-refractivity contribution in [3.05, 3.63) is 23.3 Å². The first kappa shape index (κ1) is 10.9. The average molecular weight is 195 g/mol. The summed E-state index contributed by atoms with van der Waals surface area (Å²) in [6.45, 7) is 2.67. The van der Waals surface area contributed by atoms with E-state index < -0.39 is 0 Å². The molecule has 0 aliphatic rings. The fourth-order valence-corrected chi connectivity index (χ4v) is 1.55. The summed E-state index contributed by atoms with van der Waals surface area (Å²) in [6, 6.07) is 3.94. The van der Waals surface area contributed by atoms with Crippen LogP contribution in [0, 0.1) is 6.92 Å². The van der Waals surface area contributed by atoms with Crippen molar-refractivity contribution in [3.63, 3.8) is 0 Å². The van der Waals surface area contributed by atoms with Gasteiger partial charge in [-0.2, -0.15) is 0 Å².